The quantitative estimate of drug-likeness (QED) is 0.803. The van der Waals surface area contributed by atoms with Crippen LogP contribution in [-0.2, 0) is 9.59 Å². The fourth-order valence-electron chi connectivity index (χ4n) is 3.06. The SMILES string of the molecule is CC1CCCC1C(=O)N1CCN(CC(=O)O)CC1. The lowest BCUT2D eigenvalue weighted by atomic mass is 9.96. The molecule has 2 rings (SSSR count). The van der Waals surface area contributed by atoms with Gasteiger partial charge < -0.3 is 10.0 Å². The second kappa shape index (κ2) is 5.69. The number of carbonyl (C=O) groups excluding carboxylic acids is 1. The molecule has 1 aliphatic carbocycles. The zero-order valence-electron chi connectivity index (χ0n) is 11.0. The van der Waals surface area contributed by atoms with E-state index < -0.39 is 5.97 Å². The maximum Gasteiger partial charge on any atom is 0.317 e. The van der Waals surface area contributed by atoms with Gasteiger partial charge in [-0.15, -0.1) is 0 Å². The van der Waals surface area contributed by atoms with Gasteiger partial charge >= 0.3 is 5.97 Å². The first-order valence-electron chi connectivity index (χ1n) is 6.81. The molecule has 1 amide bonds. The molecule has 2 atom stereocenters. The second-order valence-electron chi connectivity index (χ2n) is 5.51. The van der Waals surface area contributed by atoms with Crippen molar-refractivity contribution < 1.29 is 14.7 Å². The number of aliphatic carboxylic acids is 1. The van der Waals surface area contributed by atoms with Crippen LogP contribution in [0.3, 0.4) is 0 Å². The lowest BCUT2D eigenvalue weighted by molar-refractivity contribution is -0.140. The second-order valence-corrected chi connectivity index (χ2v) is 5.51. The van der Waals surface area contributed by atoms with E-state index in [0.717, 1.165) is 19.3 Å². The van der Waals surface area contributed by atoms with Crippen molar-refractivity contribution in [1.82, 2.24) is 9.80 Å². The first kappa shape index (κ1) is 13.3. The Labute approximate surface area is 108 Å². The van der Waals surface area contributed by atoms with Crippen molar-refractivity contribution in [2.24, 2.45) is 11.8 Å². The third-order valence-corrected chi connectivity index (χ3v) is 4.22. The molecule has 1 saturated heterocycles. The van der Waals surface area contributed by atoms with Gasteiger partial charge in [0.2, 0.25) is 5.91 Å². The number of hydrogen-bond acceptors (Lipinski definition) is 3. The molecule has 0 bridgehead atoms. The van der Waals surface area contributed by atoms with Crippen molar-refractivity contribution in [2.75, 3.05) is 32.7 Å². The van der Waals surface area contributed by atoms with Crippen molar-refractivity contribution in [2.45, 2.75) is 26.2 Å². The summed E-state index contributed by atoms with van der Waals surface area (Å²) >= 11 is 0. The molecule has 18 heavy (non-hydrogen) atoms. The molecule has 0 aromatic heterocycles. The number of rotatable bonds is 3. The van der Waals surface area contributed by atoms with Crippen LogP contribution in [0.15, 0.2) is 0 Å². The first-order valence-corrected chi connectivity index (χ1v) is 6.81. The summed E-state index contributed by atoms with van der Waals surface area (Å²) in [6.45, 7) is 4.96. The van der Waals surface area contributed by atoms with E-state index in [2.05, 4.69) is 6.92 Å². The van der Waals surface area contributed by atoms with E-state index in [1.165, 1.54) is 0 Å². The molecule has 0 aromatic carbocycles. The molecular formula is C13H22N2O3. The van der Waals surface area contributed by atoms with Crippen LogP contribution in [0.5, 0.6) is 0 Å². The van der Waals surface area contributed by atoms with Crippen LogP contribution in [0.25, 0.3) is 0 Å². The summed E-state index contributed by atoms with van der Waals surface area (Å²) in [7, 11) is 0. The highest BCUT2D eigenvalue weighted by Gasteiger charge is 2.34. The third kappa shape index (κ3) is 3.02. The van der Waals surface area contributed by atoms with Gasteiger partial charge in [-0.25, -0.2) is 0 Å². The minimum atomic E-state index is -0.792. The number of carboxylic acids is 1. The summed E-state index contributed by atoms with van der Waals surface area (Å²) < 4.78 is 0. The third-order valence-electron chi connectivity index (χ3n) is 4.22. The van der Waals surface area contributed by atoms with Gasteiger partial charge in [0.15, 0.2) is 0 Å². The van der Waals surface area contributed by atoms with Gasteiger partial charge in [-0.2, -0.15) is 0 Å². The average Bonchev–Trinajstić information content (AvgIpc) is 2.75. The van der Waals surface area contributed by atoms with Crippen LogP contribution in [0.4, 0.5) is 0 Å². The molecule has 5 nitrogen and oxygen atoms in total. The van der Waals surface area contributed by atoms with E-state index in [9.17, 15) is 9.59 Å². The highest BCUT2D eigenvalue weighted by atomic mass is 16.4. The fraction of sp³-hybridized carbons (Fsp3) is 0.846. The molecule has 0 aromatic rings. The van der Waals surface area contributed by atoms with Crippen molar-refractivity contribution in [3.63, 3.8) is 0 Å². The minimum absolute atomic E-state index is 0.0852. The first-order chi connectivity index (χ1) is 8.58. The van der Waals surface area contributed by atoms with Gasteiger partial charge in [0.25, 0.3) is 0 Å². The lowest BCUT2D eigenvalue weighted by Gasteiger charge is -2.35. The predicted octanol–water partition coefficient (Wildman–Crippen LogP) is 0.651. The van der Waals surface area contributed by atoms with Crippen molar-refractivity contribution in [1.29, 1.82) is 0 Å². The number of carboxylic acid groups (broad SMARTS) is 1. The van der Waals surface area contributed by atoms with Crippen LogP contribution in [0, 0.1) is 11.8 Å². The van der Waals surface area contributed by atoms with Crippen molar-refractivity contribution in [3.8, 4) is 0 Å². The maximum atomic E-state index is 12.3. The molecule has 2 unspecified atom stereocenters. The number of carbonyl (C=O) groups is 2. The Balaban J connectivity index is 1.82. The summed E-state index contributed by atoms with van der Waals surface area (Å²) in [6.07, 6.45) is 3.35. The number of hydrogen-bond donors (Lipinski definition) is 1. The van der Waals surface area contributed by atoms with Gasteiger partial charge in [0.1, 0.15) is 0 Å². The lowest BCUT2D eigenvalue weighted by Crippen LogP contribution is -2.51. The van der Waals surface area contributed by atoms with Gasteiger partial charge in [0.05, 0.1) is 6.54 Å². The summed E-state index contributed by atoms with van der Waals surface area (Å²) in [5.74, 6) is 0.208. The molecular weight excluding hydrogens is 232 g/mol. The predicted molar refractivity (Wildman–Crippen MR) is 67.2 cm³/mol. The summed E-state index contributed by atoms with van der Waals surface area (Å²) in [6, 6.07) is 0. The van der Waals surface area contributed by atoms with Crippen LogP contribution in [0.2, 0.25) is 0 Å². The highest BCUT2D eigenvalue weighted by molar-refractivity contribution is 5.79. The van der Waals surface area contributed by atoms with Gasteiger partial charge in [-0.05, 0) is 18.8 Å². The van der Waals surface area contributed by atoms with Gasteiger partial charge in [-0.1, -0.05) is 13.3 Å². The smallest absolute Gasteiger partial charge is 0.317 e. The number of amides is 1. The zero-order chi connectivity index (χ0) is 13.1. The van der Waals surface area contributed by atoms with Crippen molar-refractivity contribution >= 4 is 11.9 Å². The maximum absolute atomic E-state index is 12.3. The van der Waals surface area contributed by atoms with E-state index in [4.69, 9.17) is 5.11 Å². The normalized spacial score (nSPS) is 29.5. The van der Waals surface area contributed by atoms with Gasteiger partial charge in [0, 0.05) is 32.1 Å². The van der Waals surface area contributed by atoms with E-state index in [0.29, 0.717) is 32.1 Å². The van der Waals surface area contributed by atoms with Crippen molar-refractivity contribution in [3.05, 3.63) is 0 Å². The van der Waals surface area contributed by atoms with Gasteiger partial charge in [-0.3, -0.25) is 14.5 Å². The Morgan fingerprint density at radius 2 is 1.83 bits per heavy atom. The Kier molecular flexibility index (Phi) is 4.22. The van der Waals surface area contributed by atoms with Crippen LogP contribution >= 0.6 is 0 Å². The minimum Gasteiger partial charge on any atom is -0.480 e. The summed E-state index contributed by atoms with van der Waals surface area (Å²) in [5, 5.41) is 8.73. The Hall–Kier alpha value is -1.10. The van der Waals surface area contributed by atoms with Crippen LogP contribution in [0.1, 0.15) is 26.2 Å². The number of nitrogens with zero attached hydrogens (tertiary/aromatic N) is 2. The molecule has 102 valence electrons. The molecule has 1 aliphatic heterocycles. The fourth-order valence-corrected chi connectivity index (χ4v) is 3.06. The molecule has 1 heterocycles. The largest absolute Gasteiger partial charge is 0.480 e. The Morgan fingerprint density at radius 1 is 1.17 bits per heavy atom. The molecule has 0 radical (unpaired) electrons. The molecule has 1 N–H and O–H groups in total. The van der Waals surface area contributed by atoms with E-state index >= 15 is 0 Å². The van der Waals surface area contributed by atoms with Crippen LogP contribution < -0.4 is 0 Å². The molecule has 2 fully saturated rings. The van der Waals surface area contributed by atoms with E-state index in [-0.39, 0.29) is 18.4 Å². The zero-order valence-corrected chi connectivity index (χ0v) is 11.0. The van der Waals surface area contributed by atoms with E-state index in [1.54, 1.807) is 0 Å². The molecule has 0 spiro atoms. The molecule has 1 saturated carbocycles. The Bertz CT molecular complexity index is 324. The Morgan fingerprint density at radius 3 is 2.33 bits per heavy atom. The monoisotopic (exact) mass is 254 g/mol. The average molecular weight is 254 g/mol. The topological polar surface area (TPSA) is 60.9 Å². The summed E-state index contributed by atoms with van der Waals surface area (Å²) in [4.78, 5) is 26.8. The summed E-state index contributed by atoms with van der Waals surface area (Å²) in [5.41, 5.74) is 0. The molecule has 5 heteroatoms. The standard InChI is InChI=1S/C13H22N2O3/c1-10-3-2-4-11(10)13(18)15-7-5-14(6-8-15)9-12(16)17/h10-11H,2-9H2,1H3,(H,16,17). The molecule has 2 aliphatic rings. The number of piperazine rings is 1. The van der Waals surface area contributed by atoms with Crippen LogP contribution in [-0.4, -0.2) is 59.5 Å². The highest BCUT2D eigenvalue weighted by Crippen LogP contribution is 2.32. The van der Waals surface area contributed by atoms with E-state index in [1.807, 2.05) is 9.80 Å².